The molecular formula is C19H13F5O2S. The van der Waals surface area contributed by atoms with Crippen LogP contribution in [0.1, 0.15) is 23.1 Å². The van der Waals surface area contributed by atoms with Crippen molar-refractivity contribution in [3.8, 4) is 0 Å². The van der Waals surface area contributed by atoms with Crippen molar-refractivity contribution in [3.63, 3.8) is 0 Å². The second-order valence-electron chi connectivity index (χ2n) is 6.11. The van der Waals surface area contributed by atoms with Crippen molar-refractivity contribution in [1.82, 2.24) is 0 Å². The molecule has 27 heavy (non-hydrogen) atoms. The van der Waals surface area contributed by atoms with Crippen LogP contribution in [0.15, 0.2) is 53.4 Å². The summed E-state index contributed by atoms with van der Waals surface area (Å²) in [6.07, 6.45) is -0.179. The van der Waals surface area contributed by atoms with E-state index in [2.05, 4.69) is 0 Å². The SMILES string of the molecule is CS(=O)(=O)c1cc(F)c(C2=C(c3ccc(C(F)(F)F)cc3)C=CC2)cc1F. The van der Waals surface area contributed by atoms with E-state index in [9.17, 15) is 30.4 Å². The van der Waals surface area contributed by atoms with E-state index in [1.54, 1.807) is 12.2 Å². The summed E-state index contributed by atoms with van der Waals surface area (Å²) in [5, 5.41) is 0. The van der Waals surface area contributed by atoms with Crippen molar-refractivity contribution in [2.75, 3.05) is 6.26 Å². The van der Waals surface area contributed by atoms with Gasteiger partial charge in [-0.15, -0.1) is 0 Å². The largest absolute Gasteiger partial charge is 0.416 e. The summed E-state index contributed by atoms with van der Waals surface area (Å²) >= 11 is 0. The third kappa shape index (κ3) is 3.80. The molecule has 0 bridgehead atoms. The van der Waals surface area contributed by atoms with Gasteiger partial charge >= 0.3 is 6.18 Å². The quantitative estimate of drug-likeness (QED) is 0.659. The predicted octanol–water partition coefficient (Wildman–Crippen LogP) is 5.26. The molecule has 0 radical (unpaired) electrons. The number of sulfone groups is 1. The van der Waals surface area contributed by atoms with Crippen molar-refractivity contribution >= 4 is 21.0 Å². The third-order valence-corrected chi connectivity index (χ3v) is 5.31. The van der Waals surface area contributed by atoms with E-state index in [1.165, 1.54) is 12.1 Å². The molecule has 2 nitrogen and oxygen atoms in total. The standard InChI is InChI=1S/C19H13F5O2S/c1-27(25,26)18-10-16(20)15(9-17(18)21)14-4-2-3-13(14)11-5-7-12(8-6-11)19(22,23)24/h2-3,5-10H,4H2,1H3. The molecule has 0 spiro atoms. The molecule has 3 rings (SSSR count). The molecule has 0 N–H and O–H groups in total. The molecule has 0 atom stereocenters. The van der Waals surface area contributed by atoms with Crippen LogP contribution in [0.5, 0.6) is 0 Å². The summed E-state index contributed by atoms with van der Waals surface area (Å²) in [4.78, 5) is -0.744. The monoisotopic (exact) mass is 400 g/mol. The van der Waals surface area contributed by atoms with Gasteiger partial charge in [0.2, 0.25) is 0 Å². The highest BCUT2D eigenvalue weighted by Gasteiger charge is 2.30. The van der Waals surface area contributed by atoms with Gasteiger partial charge in [0.15, 0.2) is 9.84 Å². The molecule has 0 saturated carbocycles. The number of alkyl halides is 3. The Balaban J connectivity index is 2.10. The minimum absolute atomic E-state index is 0.125. The van der Waals surface area contributed by atoms with Crippen molar-refractivity contribution in [3.05, 3.63) is 76.9 Å². The lowest BCUT2D eigenvalue weighted by atomic mass is 9.95. The van der Waals surface area contributed by atoms with Crippen molar-refractivity contribution in [1.29, 1.82) is 0 Å². The van der Waals surface area contributed by atoms with Crippen LogP contribution in [0, 0.1) is 11.6 Å². The van der Waals surface area contributed by atoms with Crippen LogP contribution in [0.25, 0.3) is 11.1 Å². The first kappa shape index (κ1) is 19.3. The Bertz CT molecular complexity index is 1060. The second-order valence-corrected chi connectivity index (χ2v) is 8.09. The Morgan fingerprint density at radius 1 is 0.963 bits per heavy atom. The Morgan fingerprint density at radius 3 is 2.15 bits per heavy atom. The number of halogens is 5. The Morgan fingerprint density at radius 2 is 1.59 bits per heavy atom. The topological polar surface area (TPSA) is 34.1 Å². The lowest BCUT2D eigenvalue weighted by Gasteiger charge is -2.12. The molecule has 1 aliphatic carbocycles. The fraction of sp³-hybridized carbons (Fsp3) is 0.158. The van der Waals surface area contributed by atoms with Crippen LogP contribution in [0.3, 0.4) is 0 Å². The van der Waals surface area contributed by atoms with Crippen molar-refractivity contribution in [2.45, 2.75) is 17.5 Å². The zero-order valence-corrected chi connectivity index (χ0v) is 14.8. The van der Waals surface area contributed by atoms with Gasteiger partial charge < -0.3 is 0 Å². The number of hydrogen-bond donors (Lipinski definition) is 0. The number of hydrogen-bond acceptors (Lipinski definition) is 2. The summed E-state index contributed by atoms with van der Waals surface area (Å²) in [5.74, 6) is -2.00. The second kappa shape index (κ2) is 6.60. The minimum atomic E-state index is -4.47. The maximum absolute atomic E-state index is 14.5. The maximum atomic E-state index is 14.5. The van der Waals surface area contributed by atoms with Gasteiger partial charge in [0.25, 0.3) is 0 Å². The maximum Gasteiger partial charge on any atom is 0.416 e. The molecule has 0 heterocycles. The van der Waals surface area contributed by atoms with Gasteiger partial charge in [-0.2, -0.15) is 13.2 Å². The highest BCUT2D eigenvalue weighted by Crippen LogP contribution is 2.38. The predicted molar refractivity (Wildman–Crippen MR) is 91.5 cm³/mol. The summed E-state index contributed by atoms with van der Waals surface area (Å²) in [7, 11) is -3.93. The zero-order valence-electron chi connectivity index (χ0n) is 13.9. The molecule has 0 saturated heterocycles. The van der Waals surface area contributed by atoms with Gasteiger partial charge in [0.05, 0.1) is 5.56 Å². The van der Waals surface area contributed by atoms with Gasteiger partial charge in [-0.05, 0) is 47.4 Å². The minimum Gasteiger partial charge on any atom is -0.224 e. The lowest BCUT2D eigenvalue weighted by molar-refractivity contribution is -0.137. The highest BCUT2D eigenvalue weighted by atomic mass is 32.2. The summed E-state index contributed by atoms with van der Waals surface area (Å²) in [6, 6.07) is 5.76. The Kier molecular flexibility index (Phi) is 4.71. The Labute approximate surface area is 152 Å². The van der Waals surface area contributed by atoms with Crippen LogP contribution in [-0.4, -0.2) is 14.7 Å². The normalized spacial score (nSPS) is 14.9. The van der Waals surface area contributed by atoms with Gasteiger partial charge in [-0.3, -0.25) is 0 Å². The third-order valence-electron chi connectivity index (χ3n) is 4.20. The molecule has 0 aliphatic heterocycles. The highest BCUT2D eigenvalue weighted by molar-refractivity contribution is 7.90. The average Bonchev–Trinajstić information content (AvgIpc) is 3.04. The van der Waals surface area contributed by atoms with E-state index in [1.807, 2.05) is 0 Å². The molecule has 2 aromatic carbocycles. The molecule has 0 fully saturated rings. The van der Waals surface area contributed by atoms with Gasteiger partial charge in [0.1, 0.15) is 16.5 Å². The number of benzene rings is 2. The van der Waals surface area contributed by atoms with E-state index in [4.69, 9.17) is 0 Å². The molecule has 8 heteroatoms. The van der Waals surface area contributed by atoms with Crippen molar-refractivity contribution in [2.24, 2.45) is 0 Å². The van der Waals surface area contributed by atoms with Crippen LogP contribution in [0.2, 0.25) is 0 Å². The van der Waals surface area contributed by atoms with Crippen LogP contribution in [-0.2, 0) is 16.0 Å². The molecule has 142 valence electrons. The summed E-state index contributed by atoms with van der Waals surface area (Å²) in [5.41, 5.74) is 0.295. The average molecular weight is 400 g/mol. The fourth-order valence-corrected chi connectivity index (χ4v) is 3.64. The van der Waals surface area contributed by atoms with E-state index < -0.39 is 38.1 Å². The lowest BCUT2D eigenvalue weighted by Crippen LogP contribution is -2.05. The zero-order chi connectivity index (χ0) is 20.0. The first-order valence-corrected chi connectivity index (χ1v) is 9.64. The summed E-state index contributed by atoms with van der Waals surface area (Å²) < 4.78 is 89.8. The molecule has 2 aromatic rings. The van der Waals surface area contributed by atoms with E-state index >= 15 is 0 Å². The van der Waals surface area contributed by atoms with Crippen molar-refractivity contribution < 1.29 is 30.4 Å². The first-order chi connectivity index (χ1) is 12.5. The molecular weight excluding hydrogens is 387 g/mol. The van der Waals surface area contributed by atoms with E-state index in [-0.39, 0.29) is 12.0 Å². The fourth-order valence-electron chi connectivity index (χ4n) is 2.91. The van der Waals surface area contributed by atoms with Gasteiger partial charge in [-0.1, -0.05) is 24.3 Å². The molecule has 0 amide bonds. The smallest absolute Gasteiger partial charge is 0.224 e. The van der Waals surface area contributed by atoms with Gasteiger partial charge in [-0.25, -0.2) is 17.2 Å². The molecule has 0 aromatic heterocycles. The molecule has 1 aliphatic rings. The number of allylic oxidation sites excluding steroid dienone is 4. The van der Waals surface area contributed by atoms with Crippen LogP contribution in [0.4, 0.5) is 22.0 Å². The molecule has 0 unspecified atom stereocenters. The number of rotatable bonds is 3. The van der Waals surface area contributed by atoms with Crippen LogP contribution < -0.4 is 0 Å². The Hall–Kier alpha value is -2.48. The van der Waals surface area contributed by atoms with E-state index in [0.717, 1.165) is 24.5 Å². The van der Waals surface area contributed by atoms with Crippen LogP contribution >= 0.6 is 0 Å². The summed E-state index contributed by atoms with van der Waals surface area (Å²) in [6.45, 7) is 0. The first-order valence-electron chi connectivity index (χ1n) is 7.75. The van der Waals surface area contributed by atoms with E-state index in [0.29, 0.717) is 22.8 Å². The van der Waals surface area contributed by atoms with Gasteiger partial charge in [0, 0.05) is 11.8 Å².